The van der Waals surface area contributed by atoms with Gasteiger partial charge in [-0.15, -0.1) is 0 Å². The van der Waals surface area contributed by atoms with Gasteiger partial charge in [0, 0.05) is 17.6 Å². The Morgan fingerprint density at radius 1 is 1.10 bits per heavy atom. The maximum Gasteiger partial charge on any atom is 0.229 e. The first-order chi connectivity index (χ1) is 10.1. The normalized spacial score (nSPS) is 14.9. The average molecular weight is 309 g/mol. The summed E-state index contributed by atoms with van der Waals surface area (Å²) in [7, 11) is 0. The van der Waals surface area contributed by atoms with Gasteiger partial charge in [-0.3, -0.25) is 9.59 Å². The van der Waals surface area contributed by atoms with Crippen LogP contribution in [0.2, 0.25) is 5.02 Å². The first kappa shape index (κ1) is 15.8. The van der Waals surface area contributed by atoms with Crippen molar-refractivity contribution in [2.24, 2.45) is 0 Å². The number of halogens is 1. The predicted molar refractivity (Wildman–Crippen MR) is 83.2 cm³/mol. The van der Waals surface area contributed by atoms with E-state index in [4.69, 9.17) is 11.6 Å². The summed E-state index contributed by atoms with van der Waals surface area (Å²) in [5.41, 5.74) is 1.11. The van der Waals surface area contributed by atoms with Crippen molar-refractivity contribution >= 4 is 23.4 Å². The maximum absolute atomic E-state index is 11.7. The van der Waals surface area contributed by atoms with Crippen LogP contribution < -0.4 is 10.6 Å². The number of amides is 2. The Hall–Kier alpha value is -1.55. The average Bonchev–Trinajstić information content (AvgIpc) is 2.93. The second-order valence-corrected chi connectivity index (χ2v) is 5.89. The third-order valence-corrected chi connectivity index (χ3v) is 3.94. The van der Waals surface area contributed by atoms with Gasteiger partial charge in [-0.1, -0.05) is 36.6 Å². The van der Waals surface area contributed by atoms with E-state index in [0.29, 0.717) is 11.6 Å². The molecule has 0 spiro atoms. The van der Waals surface area contributed by atoms with E-state index >= 15 is 0 Å². The topological polar surface area (TPSA) is 58.2 Å². The summed E-state index contributed by atoms with van der Waals surface area (Å²) in [6, 6.07) is 7.78. The number of rotatable bonds is 6. The van der Waals surface area contributed by atoms with Gasteiger partial charge >= 0.3 is 0 Å². The van der Waals surface area contributed by atoms with Gasteiger partial charge in [0.05, 0.1) is 0 Å². The standard InChI is InChI=1S/C16H21ClN2O2/c17-13-7-5-12(6-8-13)9-10-18-15(20)11-16(21)19-14-3-1-2-4-14/h5-8,14H,1-4,9-11H2,(H,18,20)(H,19,21). The van der Waals surface area contributed by atoms with E-state index in [1.165, 1.54) is 0 Å². The molecule has 0 unspecified atom stereocenters. The molecule has 1 aromatic rings. The molecule has 0 heterocycles. The Balaban J connectivity index is 1.62. The zero-order valence-electron chi connectivity index (χ0n) is 12.0. The summed E-state index contributed by atoms with van der Waals surface area (Å²) in [6.45, 7) is 0.525. The Kier molecular flexibility index (Phi) is 6.05. The molecule has 5 heteroatoms. The SMILES string of the molecule is O=C(CC(=O)NC1CCCC1)NCCc1ccc(Cl)cc1. The Morgan fingerprint density at radius 3 is 2.43 bits per heavy atom. The van der Waals surface area contributed by atoms with Crippen LogP contribution in [0.5, 0.6) is 0 Å². The molecule has 0 bridgehead atoms. The van der Waals surface area contributed by atoms with Crippen LogP contribution in [0.3, 0.4) is 0 Å². The Morgan fingerprint density at radius 2 is 1.76 bits per heavy atom. The molecular formula is C16H21ClN2O2. The number of carbonyl (C=O) groups is 2. The van der Waals surface area contributed by atoms with Crippen molar-refractivity contribution in [1.82, 2.24) is 10.6 Å². The minimum Gasteiger partial charge on any atom is -0.355 e. The van der Waals surface area contributed by atoms with Crippen molar-refractivity contribution in [3.05, 3.63) is 34.9 Å². The molecule has 0 atom stereocenters. The lowest BCUT2D eigenvalue weighted by Gasteiger charge is -2.11. The number of nitrogens with one attached hydrogen (secondary N) is 2. The number of hydrogen-bond donors (Lipinski definition) is 2. The van der Waals surface area contributed by atoms with Crippen LogP contribution in [0.15, 0.2) is 24.3 Å². The molecular weight excluding hydrogens is 288 g/mol. The quantitative estimate of drug-likeness (QED) is 0.793. The Labute approximate surface area is 130 Å². The fourth-order valence-electron chi connectivity index (χ4n) is 2.55. The lowest BCUT2D eigenvalue weighted by molar-refractivity contribution is -0.129. The molecule has 1 aromatic carbocycles. The van der Waals surface area contributed by atoms with Gasteiger partial charge in [0.2, 0.25) is 11.8 Å². The highest BCUT2D eigenvalue weighted by atomic mass is 35.5. The highest BCUT2D eigenvalue weighted by molar-refractivity contribution is 6.30. The van der Waals surface area contributed by atoms with Gasteiger partial charge in [-0.25, -0.2) is 0 Å². The second-order valence-electron chi connectivity index (χ2n) is 5.45. The van der Waals surface area contributed by atoms with Crippen molar-refractivity contribution in [2.75, 3.05) is 6.54 Å². The number of hydrogen-bond acceptors (Lipinski definition) is 2. The van der Waals surface area contributed by atoms with Gasteiger partial charge in [0.25, 0.3) is 0 Å². The molecule has 0 aromatic heterocycles. The van der Waals surface area contributed by atoms with E-state index in [2.05, 4.69) is 10.6 Å². The largest absolute Gasteiger partial charge is 0.355 e. The van der Waals surface area contributed by atoms with E-state index in [1.54, 1.807) is 0 Å². The van der Waals surface area contributed by atoms with Gasteiger partial charge in [-0.05, 0) is 37.0 Å². The molecule has 1 aliphatic rings. The second kappa shape index (κ2) is 8.03. The molecule has 4 nitrogen and oxygen atoms in total. The summed E-state index contributed by atoms with van der Waals surface area (Å²) in [4.78, 5) is 23.4. The monoisotopic (exact) mass is 308 g/mol. The van der Waals surface area contributed by atoms with Crippen molar-refractivity contribution in [3.8, 4) is 0 Å². The fourth-order valence-corrected chi connectivity index (χ4v) is 2.68. The molecule has 1 saturated carbocycles. The molecule has 2 rings (SSSR count). The molecule has 1 fully saturated rings. The van der Waals surface area contributed by atoms with Crippen molar-refractivity contribution < 1.29 is 9.59 Å². The summed E-state index contributed by atoms with van der Waals surface area (Å²) >= 11 is 5.81. The molecule has 0 saturated heterocycles. The highest BCUT2D eigenvalue weighted by Gasteiger charge is 2.18. The maximum atomic E-state index is 11.7. The van der Waals surface area contributed by atoms with Crippen LogP contribution in [0.4, 0.5) is 0 Å². The van der Waals surface area contributed by atoms with Crippen LogP contribution >= 0.6 is 11.6 Å². The van der Waals surface area contributed by atoms with Crippen LogP contribution in [0.25, 0.3) is 0 Å². The van der Waals surface area contributed by atoms with Crippen molar-refractivity contribution in [3.63, 3.8) is 0 Å². The van der Waals surface area contributed by atoms with Gasteiger partial charge in [-0.2, -0.15) is 0 Å². The first-order valence-corrected chi connectivity index (χ1v) is 7.82. The molecule has 1 aliphatic carbocycles. The van der Waals surface area contributed by atoms with Gasteiger partial charge in [0.1, 0.15) is 6.42 Å². The smallest absolute Gasteiger partial charge is 0.229 e. The Bertz CT molecular complexity index is 482. The number of benzene rings is 1. The summed E-state index contributed by atoms with van der Waals surface area (Å²) in [5.74, 6) is -0.398. The predicted octanol–water partition coefficient (Wildman–Crippen LogP) is 2.45. The van der Waals surface area contributed by atoms with E-state index in [-0.39, 0.29) is 24.3 Å². The van der Waals surface area contributed by atoms with Crippen molar-refractivity contribution in [1.29, 1.82) is 0 Å². The summed E-state index contributed by atoms with van der Waals surface area (Å²) in [5, 5.41) is 6.38. The van der Waals surface area contributed by atoms with Crippen LogP contribution in [0, 0.1) is 0 Å². The molecule has 21 heavy (non-hydrogen) atoms. The zero-order valence-corrected chi connectivity index (χ0v) is 12.8. The fraction of sp³-hybridized carbons (Fsp3) is 0.500. The molecule has 0 radical (unpaired) electrons. The minimum absolute atomic E-state index is 0.0862. The molecule has 2 amide bonds. The molecule has 2 N–H and O–H groups in total. The summed E-state index contributed by atoms with van der Waals surface area (Å²) in [6.07, 6.45) is 5.04. The van der Waals surface area contributed by atoms with Gasteiger partial charge in [0.15, 0.2) is 0 Å². The molecule has 114 valence electrons. The lowest BCUT2D eigenvalue weighted by atomic mass is 10.1. The number of carbonyl (C=O) groups excluding carboxylic acids is 2. The van der Waals surface area contributed by atoms with Crippen LogP contribution in [0.1, 0.15) is 37.7 Å². The third-order valence-electron chi connectivity index (χ3n) is 3.69. The first-order valence-electron chi connectivity index (χ1n) is 7.44. The van der Waals surface area contributed by atoms with E-state index in [0.717, 1.165) is 37.7 Å². The summed E-state index contributed by atoms with van der Waals surface area (Å²) < 4.78 is 0. The van der Waals surface area contributed by atoms with E-state index in [1.807, 2.05) is 24.3 Å². The molecule has 0 aliphatic heterocycles. The van der Waals surface area contributed by atoms with Crippen LogP contribution in [-0.2, 0) is 16.0 Å². The van der Waals surface area contributed by atoms with Gasteiger partial charge < -0.3 is 10.6 Å². The van der Waals surface area contributed by atoms with Crippen LogP contribution in [-0.4, -0.2) is 24.4 Å². The van der Waals surface area contributed by atoms with Crippen molar-refractivity contribution in [2.45, 2.75) is 44.6 Å². The third kappa shape index (κ3) is 5.76. The minimum atomic E-state index is -0.223. The zero-order chi connectivity index (χ0) is 15.1. The lowest BCUT2D eigenvalue weighted by Crippen LogP contribution is -2.37. The van der Waals surface area contributed by atoms with E-state index in [9.17, 15) is 9.59 Å². The highest BCUT2D eigenvalue weighted by Crippen LogP contribution is 2.17. The van der Waals surface area contributed by atoms with E-state index < -0.39 is 0 Å².